The molecule has 0 aliphatic rings. The van der Waals surface area contributed by atoms with E-state index in [1.54, 1.807) is 18.2 Å². The molecule has 0 aliphatic carbocycles. The summed E-state index contributed by atoms with van der Waals surface area (Å²) in [6.07, 6.45) is 2.50. The van der Waals surface area contributed by atoms with E-state index in [0.29, 0.717) is 18.0 Å². The third-order valence-corrected chi connectivity index (χ3v) is 3.20. The number of unbranched alkanes of at least 4 members (excludes halogenated alkanes) is 1. The van der Waals surface area contributed by atoms with E-state index in [-0.39, 0.29) is 11.0 Å². The van der Waals surface area contributed by atoms with Crippen molar-refractivity contribution in [2.24, 2.45) is 5.41 Å². The van der Waals surface area contributed by atoms with Gasteiger partial charge in [-0.2, -0.15) is 5.26 Å². The number of hydrogen-bond acceptors (Lipinski definition) is 5. The van der Waals surface area contributed by atoms with E-state index in [0.717, 1.165) is 19.3 Å². The van der Waals surface area contributed by atoms with Crippen LogP contribution in [0.2, 0.25) is 0 Å². The number of methoxy groups -OCH3 is 1. The van der Waals surface area contributed by atoms with Gasteiger partial charge in [-0.25, -0.2) is 4.79 Å². The van der Waals surface area contributed by atoms with Crippen LogP contribution in [0.15, 0.2) is 18.2 Å². The van der Waals surface area contributed by atoms with Gasteiger partial charge in [-0.05, 0) is 45.2 Å². The van der Waals surface area contributed by atoms with Crippen molar-refractivity contribution < 1.29 is 14.3 Å². The molecule has 1 rings (SSSR count). The molecule has 21 heavy (non-hydrogen) atoms. The number of nitriles is 1. The average molecular weight is 290 g/mol. The number of nitrogen functional groups attached to an aromatic ring is 1. The molecule has 1 aromatic rings. The second kappa shape index (κ2) is 7.53. The molecule has 0 aliphatic heterocycles. The zero-order valence-electron chi connectivity index (χ0n) is 12.8. The van der Waals surface area contributed by atoms with E-state index in [4.69, 9.17) is 20.5 Å². The molecule has 2 N–H and O–H groups in total. The molecule has 0 fully saturated rings. The number of hydrogen-bond donors (Lipinski definition) is 1. The van der Waals surface area contributed by atoms with Crippen LogP contribution in [0.1, 0.15) is 43.5 Å². The maximum Gasteiger partial charge on any atom is 0.343 e. The largest absolute Gasteiger partial charge is 0.493 e. The Morgan fingerprint density at radius 1 is 1.38 bits per heavy atom. The van der Waals surface area contributed by atoms with Crippen LogP contribution in [0.4, 0.5) is 5.69 Å². The second-order valence-corrected chi connectivity index (χ2v) is 5.51. The van der Waals surface area contributed by atoms with Crippen molar-refractivity contribution in [3.63, 3.8) is 0 Å². The van der Waals surface area contributed by atoms with E-state index < -0.39 is 5.97 Å². The van der Waals surface area contributed by atoms with Crippen LogP contribution in [-0.4, -0.2) is 19.7 Å². The molecule has 0 spiro atoms. The summed E-state index contributed by atoms with van der Waals surface area (Å²) in [6.45, 7) is 4.30. The molecule has 0 amide bonds. The third-order valence-electron chi connectivity index (χ3n) is 3.20. The minimum Gasteiger partial charge on any atom is -0.493 e. The van der Waals surface area contributed by atoms with Crippen LogP contribution >= 0.6 is 0 Å². The topological polar surface area (TPSA) is 85.3 Å². The molecule has 5 heteroatoms. The molecule has 0 radical (unpaired) electrons. The van der Waals surface area contributed by atoms with Gasteiger partial charge in [0.2, 0.25) is 0 Å². The normalized spacial score (nSPS) is 10.8. The summed E-state index contributed by atoms with van der Waals surface area (Å²) < 4.78 is 10.3. The quantitative estimate of drug-likeness (QED) is 0.473. The lowest BCUT2D eigenvalue weighted by Gasteiger charge is -2.15. The van der Waals surface area contributed by atoms with Gasteiger partial charge in [-0.3, -0.25) is 0 Å². The number of benzene rings is 1. The van der Waals surface area contributed by atoms with Crippen LogP contribution in [0, 0.1) is 16.7 Å². The van der Waals surface area contributed by atoms with Gasteiger partial charge in [0.05, 0.1) is 25.2 Å². The van der Waals surface area contributed by atoms with Gasteiger partial charge in [0.1, 0.15) is 11.3 Å². The van der Waals surface area contributed by atoms with E-state index in [2.05, 4.69) is 6.07 Å². The van der Waals surface area contributed by atoms with E-state index in [9.17, 15) is 4.79 Å². The molecular formula is C16H22N2O3. The second-order valence-electron chi connectivity index (χ2n) is 5.51. The SMILES string of the molecule is COC(=O)c1c(N)cccc1OCCCCC(C)(C)C#N. The van der Waals surface area contributed by atoms with Gasteiger partial charge in [0.25, 0.3) is 0 Å². The third kappa shape index (κ3) is 4.99. The number of nitrogens with two attached hydrogens (primary N) is 1. The first kappa shape index (κ1) is 16.8. The summed E-state index contributed by atoms with van der Waals surface area (Å²) in [5.41, 5.74) is 6.07. The minimum atomic E-state index is -0.506. The van der Waals surface area contributed by atoms with Crippen LogP contribution in [0.3, 0.4) is 0 Å². The van der Waals surface area contributed by atoms with Gasteiger partial charge in [0, 0.05) is 5.69 Å². The summed E-state index contributed by atoms with van der Waals surface area (Å²) in [4.78, 5) is 11.7. The van der Waals surface area contributed by atoms with E-state index in [1.807, 2.05) is 13.8 Å². The molecule has 114 valence electrons. The van der Waals surface area contributed by atoms with Gasteiger partial charge >= 0.3 is 5.97 Å². The predicted octanol–water partition coefficient (Wildman–Crippen LogP) is 3.15. The summed E-state index contributed by atoms with van der Waals surface area (Å²) in [5, 5.41) is 8.94. The fraction of sp³-hybridized carbons (Fsp3) is 0.500. The molecule has 0 saturated heterocycles. The Morgan fingerprint density at radius 2 is 2.10 bits per heavy atom. The van der Waals surface area contributed by atoms with Crippen molar-refractivity contribution in [1.82, 2.24) is 0 Å². The van der Waals surface area contributed by atoms with E-state index >= 15 is 0 Å². The van der Waals surface area contributed by atoms with Crippen molar-refractivity contribution in [1.29, 1.82) is 5.26 Å². The molecule has 5 nitrogen and oxygen atoms in total. The summed E-state index contributed by atoms with van der Waals surface area (Å²) in [7, 11) is 1.31. The van der Waals surface area contributed by atoms with Crippen molar-refractivity contribution in [2.75, 3.05) is 19.5 Å². The summed E-state index contributed by atoms with van der Waals surface area (Å²) in [5.74, 6) is -0.0740. The van der Waals surface area contributed by atoms with Gasteiger partial charge in [-0.15, -0.1) is 0 Å². The van der Waals surface area contributed by atoms with Crippen LogP contribution in [-0.2, 0) is 4.74 Å². The molecule has 0 atom stereocenters. The highest BCUT2D eigenvalue weighted by Crippen LogP contribution is 2.26. The standard InChI is InChI=1S/C16H22N2O3/c1-16(2,11-17)9-4-5-10-21-13-8-6-7-12(18)14(13)15(19)20-3/h6-8H,4-5,9-10,18H2,1-3H3. The smallest absolute Gasteiger partial charge is 0.343 e. The number of rotatable bonds is 7. The maximum atomic E-state index is 11.7. The van der Waals surface area contributed by atoms with Crippen LogP contribution in [0.5, 0.6) is 5.75 Å². The zero-order chi connectivity index (χ0) is 15.9. The number of ether oxygens (including phenoxy) is 2. The Bertz CT molecular complexity index is 533. The minimum absolute atomic E-state index is 0.261. The van der Waals surface area contributed by atoms with Gasteiger partial charge < -0.3 is 15.2 Å². The lowest BCUT2D eigenvalue weighted by atomic mass is 9.89. The summed E-state index contributed by atoms with van der Waals surface area (Å²) in [6, 6.07) is 7.33. The van der Waals surface area contributed by atoms with Crippen molar-refractivity contribution >= 4 is 11.7 Å². The Kier molecular flexibility index (Phi) is 6.04. The predicted molar refractivity (Wildman–Crippen MR) is 80.9 cm³/mol. The lowest BCUT2D eigenvalue weighted by molar-refractivity contribution is 0.0597. The van der Waals surface area contributed by atoms with Crippen molar-refractivity contribution in [2.45, 2.75) is 33.1 Å². The van der Waals surface area contributed by atoms with Crippen LogP contribution < -0.4 is 10.5 Å². The first-order chi connectivity index (χ1) is 9.91. The number of carbonyl (C=O) groups excluding carboxylic acids is 1. The highest BCUT2D eigenvalue weighted by molar-refractivity contribution is 5.98. The molecule has 0 aromatic heterocycles. The molecule has 0 saturated carbocycles. The fourth-order valence-corrected chi connectivity index (χ4v) is 1.90. The zero-order valence-corrected chi connectivity index (χ0v) is 12.8. The fourth-order valence-electron chi connectivity index (χ4n) is 1.90. The average Bonchev–Trinajstić information content (AvgIpc) is 2.46. The Labute approximate surface area is 125 Å². The monoisotopic (exact) mass is 290 g/mol. The number of esters is 1. The number of nitrogens with zero attached hydrogens (tertiary/aromatic N) is 1. The first-order valence-corrected chi connectivity index (χ1v) is 6.92. The maximum absolute atomic E-state index is 11.7. The number of carbonyl (C=O) groups is 1. The Morgan fingerprint density at radius 3 is 2.71 bits per heavy atom. The highest BCUT2D eigenvalue weighted by Gasteiger charge is 2.17. The molecule has 1 aromatic carbocycles. The highest BCUT2D eigenvalue weighted by atomic mass is 16.5. The Hall–Kier alpha value is -2.22. The van der Waals surface area contributed by atoms with E-state index in [1.165, 1.54) is 7.11 Å². The van der Waals surface area contributed by atoms with Gasteiger partial charge in [0.15, 0.2) is 0 Å². The Balaban J connectivity index is 2.55. The lowest BCUT2D eigenvalue weighted by Crippen LogP contribution is -2.11. The van der Waals surface area contributed by atoms with Crippen molar-refractivity contribution in [3.05, 3.63) is 23.8 Å². The summed E-state index contributed by atoms with van der Waals surface area (Å²) >= 11 is 0. The van der Waals surface area contributed by atoms with Crippen molar-refractivity contribution in [3.8, 4) is 11.8 Å². The molecule has 0 heterocycles. The van der Waals surface area contributed by atoms with Crippen LogP contribution in [0.25, 0.3) is 0 Å². The molecule has 0 unspecified atom stereocenters. The van der Waals surface area contributed by atoms with Gasteiger partial charge in [-0.1, -0.05) is 6.07 Å². The molecule has 0 bridgehead atoms. The molecular weight excluding hydrogens is 268 g/mol. The first-order valence-electron chi connectivity index (χ1n) is 6.92. The number of anilines is 1.